The van der Waals surface area contributed by atoms with E-state index in [1.165, 1.54) is 28.9 Å². The summed E-state index contributed by atoms with van der Waals surface area (Å²) >= 11 is 0. The van der Waals surface area contributed by atoms with Crippen LogP contribution in [-0.2, 0) is 7.05 Å². The predicted molar refractivity (Wildman–Crippen MR) is 86.1 cm³/mol. The summed E-state index contributed by atoms with van der Waals surface area (Å²) in [5.41, 5.74) is 0.525. The van der Waals surface area contributed by atoms with Crippen LogP contribution in [0.15, 0.2) is 66.3 Å². The lowest BCUT2D eigenvalue weighted by Crippen LogP contribution is -2.24. The zero-order chi connectivity index (χ0) is 19.6. The van der Waals surface area contributed by atoms with E-state index in [-0.39, 0.29) is 11.1 Å². The van der Waals surface area contributed by atoms with Crippen LogP contribution in [-0.4, -0.2) is 16.9 Å². The molecule has 1 aromatic heterocycles. The second kappa shape index (κ2) is 7.10. The van der Waals surface area contributed by atoms with Gasteiger partial charge in [-0.2, -0.15) is 0 Å². The summed E-state index contributed by atoms with van der Waals surface area (Å²) < 4.78 is 57.7. The molecule has 0 amide bonds. The molecule has 27 heavy (non-hydrogen) atoms. The summed E-state index contributed by atoms with van der Waals surface area (Å²) in [6.07, 6.45) is 0.0159. The number of ether oxygens (including phenoxy) is 1. The van der Waals surface area contributed by atoms with Gasteiger partial charge in [-0.1, -0.05) is 29.4 Å². The summed E-state index contributed by atoms with van der Waals surface area (Å²) in [5.74, 6) is -1.73. The van der Waals surface area contributed by atoms with Crippen molar-refractivity contribution in [2.24, 2.45) is 12.1 Å². The van der Waals surface area contributed by atoms with Crippen LogP contribution in [0, 0.1) is 5.82 Å². The summed E-state index contributed by atoms with van der Waals surface area (Å²) in [4.78, 5) is 0. The fourth-order valence-electron chi connectivity index (χ4n) is 2.38. The zero-order valence-electron chi connectivity index (χ0n) is 13.9. The van der Waals surface area contributed by atoms with Gasteiger partial charge in [-0.15, -0.1) is 17.8 Å². The lowest BCUT2D eigenvalue weighted by Gasteiger charge is -2.12. The van der Waals surface area contributed by atoms with Gasteiger partial charge in [0.1, 0.15) is 17.8 Å². The number of benzene rings is 2. The molecule has 0 saturated carbocycles. The molecule has 9 heteroatoms. The van der Waals surface area contributed by atoms with Crippen molar-refractivity contribution < 1.29 is 32.0 Å². The van der Waals surface area contributed by atoms with E-state index >= 15 is 0 Å². The van der Waals surface area contributed by atoms with Crippen molar-refractivity contribution in [3.63, 3.8) is 0 Å². The third-order valence-electron chi connectivity index (χ3n) is 3.58. The molecule has 140 valence electrons. The molecule has 0 saturated heterocycles. The zero-order valence-corrected chi connectivity index (χ0v) is 13.9. The van der Waals surface area contributed by atoms with Gasteiger partial charge in [-0.3, -0.25) is 0 Å². The van der Waals surface area contributed by atoms with Crippen LogP contribution in [0.1, 0.15) is 5.56 Å². The van der Waals surface area contributed by atoms with Gasteiger partial charge >= 0.3 is 6.36 Å². The van der Waals surface area contributed by atoms with E-state index in [4.69, 9.17) is 0 Å². The molecule has 5 nitrogen and oxygen atoms in total. The first-order valence-electron chi connectivity index (χ1n) is 7.66. The molecule has 1 heterocycles. The minimum absolute atomic E-state index is 0.0460. The Labute approximate surface area is 151 Å². The lowest BCUT2D eigenvalue weighted by atomic mass is 10.0. The molecule has 0 radical (unpaired) electrons. The number of rotatable bonds is 4. The van der Waals surface area contributed by atoms with Crippen molar-refractivity contribution in [3.8, 4) is 16.9 Å². The average Bonchev–Trinajstić information content (AvgIpc) is 2.99. The van der Waals surface area contributed by atoms with E-state index < -0.39 is 23.8 Å². The maximum Gasteiger partial charge on any atom is 0.573 e. The van der Waals surface area contributed by atoms with Gasteiger partial charge in [0.05, 0.1) is 7.05 Å². The molecule has 0 fully saturated rings. The number of hydrogen-bond acceptors (Lipinski definition) is 3. The molecule has 0 aliphatic heterocycles. The van der Waals surface area contributed by atoms with E-state index in [1.54, 1.807) is 30.3 Å². The highest BCUT2D eigenvalue weighted by Gasteiger charge is 2.31. The monoisotopic (exact) mass is 379 g/mol. The van der Waals surface area contributed by atoms with Gasteiger partial charge in [0, 0.05) is 11.5 Å². The number of halogens is 4. The van der Waals surface area contributed by atoms with Crippen molar-refractivity contribution >= 4 is 5.90 Å². The second-order valence-electron chi connectivity index (χ2n) is 5.63. The normalized spacial score (nSPS) is 12.3. The average molecular weight is 379 g/mol. The van der Waals surface area contributed by atoms with Crippen LogP contribution in [0.3, 0.4) is 0 Å². The summed E-state index contributed by atoms with van der Waals surface area (Å²) in [7, 11) is 1.76. The van der Waals surface area contributed by atoms with Crippen LogP contribution in [0.5, 0.6) is 5.75 Å². The van der Waals surface area contributed by atoms with Crippen LogP contribution < -0.4 is 14.4 Å². The second-order valence-corrected chi connectivity index (χ2v) is 5.63. The fraction of sp³-hybridized carbons (Fsp3) is 0.111. The van der Waals surface area contributed by atoms with E-state index in [9.17, 15) is 22.7 Å². The van der Waals surface area contributed by atoms with Crippen LogP contribution in [0.25, 0.3) is 11.1 Å². The van der Waals surface area contributed by atoms with Crippen LogP contribution in [0.2, 0.25) is 0 Å². The molecule has 0 aliphatic rings. The molecule has 0 atom stereocenters. The standard InChI is InChI=1S/C18H13F4N3O2/c1-24-8-9-25(11-24)23-17(26)13-4-7-15(16(19)10-13)12-2-5-14(6-3-12)27-18(20,21)22/h2-11H,1H3. The Kier molecular flexibility index (Phi) is 4.85. The number of aromatic nitrogens is 2. The molecule has 0 unspecified atom stereocenters. The molecule has 3 rings (SSSR count). The Morgan fingerprint density at radius 1 is 1.15 bits per heavy atom. The molecule has 0 spiro atoms. The minimum atomic E-state index is -4.80. The fourth-order valence-corrected chi connectivity index (χ4v) is 2.38. The Bertz CT molecular complexity index is 979. The van der Waals surface area contributed by atoms with Gasteiger partial charge in [-0.25, -0.2) is 8.96 Å². The summed E-state index contributed by atoms with van der Waals surface area (Å²) in [6.45, 7) is 0. The van der Waals surface area contributed by atoms with E-state index in [0.717, 1.165) is 18.2 Å². The lowest BCUT2D eigenvalue weighted by molar-refractivity contribution is -0.671. The summed E-state index contributed by atoms with van der Waals surface area (Å²) in [6, 6.07) is 8.56. The summed E-state index contributed by atoms with van der Waals surface area (Å²) in [5, 5.41) is 15.9. The van der Waals surface area contributed by atoms with Crippen molar-refractivity contribution in [2.45, 2.75) is 6.36 Å². The number of hydrogen-bond donors (Lipinski definition) is 0. The van der Waals surface area contributed by atoms with E-state index in [0.29, 0.717) is 5.56 Å². The quantitative estimate of drug-likeness (QED) is 0.303. The number of nitrogens with zero attached hydrogens (tertiary/aromatic N) is 3. The Morgan fingerprint density at radius 3 is 2.41 bits per heavy atom. The molecule has 0 aliphatic carbocycles. The van der Waals surface area contributed by atoms with Gasteiger partial charge in [0.25, 0.3) is 6.33 Å². The van der Waals surface area contributed by atoms with Crippen molar-refractivity contribution in [3.05, 3.63) is 72.6 Å². The van der Waals surface area contributed by atoms with Gasteiger partial charge in [0.15, 0.2) is 6.20 Å². The van der Waals surface area contributed by atoms with E-state index in [2.05, 4.69) is 9.84 Å². The molecule has 2 aromatic carbocycles. The molecular weight excluding hydrogens is 366 g/mol. The molecule has 0 N–H and O–H groups in total. The smallest absolute Gasteiger partial charge is 0.573 e. The molecule has 0 bridgehead atoms. The number of aryl methyl sites for hydroxylation is 1. The first-order chi connectivity index (χ1) is 12.7. The first-order valence-corrected chi connectivity index (χ1v) is 7.66. The van der Waals surface area contributed by atoms with Crippen molar-refractivity contribution in [1.29, 1.82) is 0 Å². The van der Waals surface area contributed by atoms with Crippen LogP contribution in [0.4, 0.5) is 17.6 Å². The highest BCUT2D eigenvalue weighted by Crippen LogP contribution is 2.28. The van der Waals surface area contributed by atoms with E-state index in [1.807, 2.05) is 0 Å². The minimum Gasteiger partial charge on any atom is -0.856 e. The maximum atomic E-state index is 14.4. The molecule has 3 aromatic rings. The third kappa shape index (κ3) is 4.63. The molecular formula is C18H13F4N3O2. The van der Waals surface area contributed by atoms with Crippen molar-refractivity contribution in [2.75, 3.05) is 0 Å². The largest absolute Gasteiger partial charge is 0.856 e. The predicted octanol–water partition coefficient (Wildman–Crippen LogP) is 2.59. The highest BCUT2D eigenvalue weighted by atomic mass is 19.4. The third-order valence-corrected chi connectivity index (χ3v) is 3.58. The Balaban J connectivity index is 1.83. The van der Waals surface area contributed by atoms with Gasteiger partial charge < -0.3 is 9.84 Å². The topological polar surface area (TPSA) is 53.5 Å². The maximum absolute atomic E-state index is 14.4. The highest BCUT2D eigenvalue weighted by molar-refractivity contribution is 5.91. The number of imidazole rings is 1. The Hall–Kier alpha value is -3.36. The SMILES string of the molecule is C[n+]1ccn(/N=C(\[O-])c2ccc(-c3ccc(OC(F)(F)F)cc3)c(F)c2)c1. The first kappa shape index (κ1) is 18.4. The van der Waals surface area contributed by atoms with Crippen molar-refractivity contribution in [1.82, 2.24) is 4.68 Å². The van der Waals surface area contributed by atoms with Gasteiger partial charge in [0.2, 0.25) is 0 Å². The van der Waals surface area contributed by atoms with Gasteiger partial charge in [-0.05, 0) is 29.3 Å². The number of alkyl halides is 3. The van der Waals surface area contributed by atoms with Crippen LogP contribution >= 0.6 is 0 Å². The Morgan fingerprint density at radius 2 is 1.85 bits per heavy atom.